The van der Waals surface area contributed by atoms with E-state index in [1.165, 1.54) is 44.9 Å². The van der Waals surface area contributed by atoms with Crippen molar-refractivity contribution < 1.29 is 9.59 Å². The van der Waals surface area contributed by atoms with Crippen LogP contribution in [0.2, 0.25) is 0 Å². The minimum Gasteiger partial charge on any atom is -0.349 e. The molecule has 1 N–H and O–H groups in total. The van der Waals surface area contributed by atoms with Crippen LogP contribution < -0.4 is 5.32 Å². The zero-order valence-electron chi connectivity index (χ0n) is 15.6. The minimum absolute atomic E-state index is 0.0624. The Hall–Kier alpha value is -1.84. The monoisotopic (exact) mass is 354 g/mol. The van der Waals surface area contributed by atoms with E-state index in [2.05, 4.69) is 5.32 Å². The predicted octanol–water partition coefficient (Wildman–Crippen LogP) is 4.43. The van der Waals surface area contributed by atoms with Crippen molar-refractivity contribution in [1.82, 2.24) is 10.2 Å². The lowest BCUT2D eigenvalue weighted by Gasteiger charge is -2.31. The van der Waals surface area contributed by atoms with E-state index in [1.807, 2.05) is 23.1 Å². The number of fused-ring (bicyclic) bond motifs is 1. The number of amides is 2. The van der Waals surface area contributed by atoms with E-state index in [0.29, 0.717) is 23.7 Å². The summed E-state index contributed by atoms with van der Waals surface area (Å²) in [4.78, 5) is 28.1. The average Bonchev–Trinajstić information content (AvgIpc) is 2.83. The van der Waals surface area contributed by atoms with Gasteiger partial charge in [0.15, 0.2) is 0 Å². The van der Waals surface area contributed by atoms with Crippen molar-refractivity contribution in [1.29, 1.82) is 0 Å². The van der Waals surface area contributed by atoms with Crippen molar-refractivity contribution in [3.05, 3.63) is 34.9 Å². The van der Waals surface area contributed by atoms with Gasteiger partial charge in [-0.1, -0.05) is 57.1 Å². The van der Waals surface area contributed by atoms with Gasteiger partial charge in [-0.15, -0.1) is 0 Å². The van der Waals surface area contributed by atoms with E-state index in [4.69, 9.17) is 0 Å². The third-order valence-electron chi connectivity index (χ3n) is 6.42. The molecule has 3 aliphatic rings. The molecule has 4 nitrogen and oxygen atoms in total. The van der Waals surface area contributed by atoms with E-state index in [-0.39, 0.29) is 17.9 Å². The summed E-state index contributed by atoms with van der Waals surface area (Å²) in [5, 5.41) is 3.21. The average molecular weight is 354 g/mol. The van der Waals surface area contributed by atoms with Crippen LogP contribution in [-0.4, -0.2) is 28.8 Å². The molecule has 1 heterocycles. The molecule has 2 amide bonds. The number of carbonyl (C=O) groups excluding carboxylic acids is 2. The molecule has 0 atom stereocenters. The summed E-state index contributed by atoms with van der Waals surface area (Å²) in [5.74, 6) is 0.00566. The van der Waals surface area contributed by atoms with Crippen LogP contribution in [0.3, 0.4) is 0 Å². The highest BCUT2D eigenvalue weighted by molar-refractivity contribution is 6.09. The van der Waals surface area contributed by atoms with E-state index < -0.39 is 0 Å². The Bertz CT molecular complexity index is 671. The molecule has 1 aliphatic heterocycles. The molecular weight excluding hydrogens is 324 g/mol. The van der Waals surface area contributed by atoms with Crippen molar-refractivity contribution in [3.8, 4) is 0 Å². The summed E-state index contributed by atoms with van der Waals surface area (Å²) in [5.41, 5.74) is 2.26. The summed E-state index contributed by atoms with van der Waals surface area (Å²) in [6.45, 7) is 0.670. The van der Waals surface area contributed by atoms with Crippen LogP contribution in [0.15, 0.2) is 18.2 Å². The maximum Gasteiger partial charge on any atom is 0.255 e. The van der Waals surface area contributed by atoms with E-state index in [1.54, 1.807) is 0 Å². The quantitative estimate of drug-likeness (QED) is 0.817. The second-order valence-electron chi connectivity index (χ2n) is 8.23. The summed E-state index contributed by atoms with van der Waals surface area (Å²) in [6, 6.07) is 6.37. The van der Waals surface area contributed by atoms with Gasteiger partial charge in [0, 0.05) is 18.6 Å². The summed E-state index contributed by atoms with van der Waals surface area (Å²) < 4.78 is 0. The van der Waals surface area contributed by atoms with Crippen LogP contribution in [0.25, 0.3) is 0 Å². The van der Waals surface area contributed by atoms with Gasteiger partial charge in [0.1, 0.15) is 0 Å². The van der Waals surface area contributed by atoms with Crippen LogP contribution >= 0.6 is 0 Å². The Kier molecular flexibility index (Phi) is 5.28. The van der Waals surface area contributed by atoms with Gasteiger partial charge in [0.2, 0.25) is 0 Å². The molecule has 4 heteroatoms. The maximum atomic E-state index is 13.1. The Morgan fingerprint density at radius 2 is 1.58 bits per heavy atom. The third-order valence-corrected chi connectivity index (χ3v) is 6.42. The molecule has 140 valence electrons. The Labute approximate surface area is 156 Å². The highest BCUT2D eigenvalue weighted by Gasteiger charge is 2.36. The fourth-order valence-corrected chi connectivity index (χ4v) is 4.95. The van der Waals surface area contributed by atoms with Crippen LogP contribution in [0.1, 0.15) is 96.9 Å². The number of nitrogens with zero attached hydrogens (tertiary/aromatic N) is 1. The summed E-state index contributed by atoms with van der Waals surface area (Å²) in [7, 11) is 0. The molecule has 0 radical (unpaired) electrons. The van der Waals surface area contributed by atoms with Gasteiger partial charge < -0.3 is 10.2 Å². The van der Waals surface area contributed by atoms with E-state index in [0.717, 1.165) is 31.2 Å². The van der Waals surface area contributed by atoms with E-state index >= 15 is 0 Å². The fraction of sp³-hybridized carbons (Fsp3) is 0.636. The molecule has 0 bridgehead atoms. The number of hydrogen-bond donors (Lipinski definition) is 1. The maximum absolute atomic E-state index is 13.1. The van der Waals surface area contributed by atoms with Crippen molar-refractivity contribution in [2.75, 3.05) is 0 Å². The second kappa shape index (κ2) is 7.81. The van der Waals surface area contributed by atoms with Crippen LogP contribution in [0.5, 0.6) is 0 Å². The highest BCUT2D eigenvalue weighted by atomic mass is 16.2. The lowest BCUT2D eigenvalue weighted by Crippen LogP contribution is -2.38. The Morgan fingerprint density at radius 1 is 0.923 bits per heavy atom. The number of nitrogens with one attached hydrogen (secondary N) is 1. The van der Waals surface area contributed by atoms with Gasteiger partial charge in [-0.2, -0.15) is 0 Å². The first-order valence-electron chi connectivity index (χ1n) is 10.5. The van der Waals surface area contributed by atoms with Crippen LogP contribution in [0.4, 0.5) is 0 Å². The number of hydrogen-bond acceptors (Lipinski definition) is 2. The standard InChI is InChI=1S/C22H30N2O2/c25-21(23-17-10-4-1-2-5-11-17)19-14-8-9-16-15-24(22(26)20(16)19)18-12-6-3-7-13-18/h8-9,14,17-18H,1-7,10-13,15H2,(H,23,25). The molecule has 0 spiro atoms. The summed E-state index contributed by atoms with van der Waals surface area (Å²) in [6.07, 6.45) is 12.9. The van der Waals surface area contributed by atoms with Gasteiger partial charge in [0.05, 0.1) is 11.1 Å². The molecule has 2 aliphatic carbocycles. The first-order chi connectivity index (χ1) is 12.7. The molecule has 0 unspecified atom stereocenters. The van der Waals surface area contributed by atoms with Gasteiger partial charge in [-0.05, 0) is 37.3 Å². The number of benzene rings is 1. The highest BCUT2D eigenvalue weighted by Crippen LogP contribution is 2.32. The largest absolute Gasteiger partial charge is 0.349 e. The first-order valence-corrected chi connectivity index (χ1v) is 10.5. The normalized spacial score (nSPS) is 22.2. The molecule has 26 heavy (non-hydrogen) atoms. The lowest BCUT2D eigenvalue weighted by molar-refractivity contribution is 0.0656. The van der Waals surface area contributed by atoms with E-state index in [9.17, 15) is 9.59 Å². The van der Waals surface area contributed by atoms with Crippen molar-refractivity contribution in [2.45, 2.75) is 89.3 Å². The van der Waals surface area contributed by atoms with Gasteiger partial charge in [-0.3, -0.25) is 9.59 Å². The Morgan fingerprint density at radius 3 is 2.31 bits per heavy atom. The molecule has 2 fully saturated rings. The molecule has 4 rings (SSSR count). The van der Waals surface area contributed by atoms with Gasteiger partial charge in [-0.25, -0.2) is 0 Å². The second-order valence-corrected chi connectivity index (χ2v) is 8.23. The van der Waals surface area contributed by atoms with Crippen LogP contribution in [0, 0.1) is 0 Å². The predicted molar refractivity (Wildman–Crippen MR) is 102 cm³/mol. The molecule has 0 saturated heterocycles. The zero-order chi connectivity index (χ0) is 17.9. The van der Waals surface area contributed by atoms with Crippen molar-refractivity contribution >= 4 is 11.8 Å². The molecule has 0 aromatic heterocycles. The molecule has 2 saturated carbocycles. The SMILES string of the molecule is O=C(NC1CCCCCC1)c1cccc2c1C(=O)N(C1CCCCC1)C2. The first kappa shape index (κ1) is 17.6. The van der Waals surface area contributed by atoms with Crippen LogP contribution in [-0.2, 0) is 6.54 Å². The minimum atomic E-state index is -0.0624. The Balaban J connectivity index is 1.52. The zero-order valence-corrected chi connectivity index (χ0v) is 15.6. The van der Waals surface area contributed by atoms with Gasteiger partial charge in [0.25, 0.3) is 11.8 Å². The smallest absolute Gasteiger partial charge is 0.255 e. The van der Waals surface area contributed by atoms with Crippen molar-refractivity contribution in [3.63, 3.8) is 0 Å². The lowest BCUT2D eigenvalue weighted by atomic mass is 9.94. The van der Waals surface area contributed by atoms with Gasteiger partial charge >= 0.3 is 0 Å². The topological polar surface area (TPSA) is 49.4 Å². The fourth-order valence-electron chi connectivity index (χ4n) is 4.95. The third kappa shape index (κ3) is 3.51. The summed E-state index contributed by atoms with van der Waals surface area (Å²) >= 11 is 0. The number of rotatable bonds is 3. The molecular formula is C22H30N2O2. The van der Waals surface area contributed by atoms with Crippen molar-refractivity contribution in [2.24, 2.45) is 0 Å². The number of carbonyl (C=O) groups is 2. The molecule has 1 aromatic carbocycles. The molecule has 1 aromatic rings.